The molecule has 0 spiro atoms. The van der Waals surface area contributed by atoms with Crippen molar-refractivity contribution in [3.05, 3.63) is 46.5 Å². The number of thiophene rings is 1. The molecule has 2 amide bonds. The molecule has 6 nitrogen and oxygen atoms in total. The van der Waals surface area contributed by atoms with E-state index in [0.29, 0.717) is 11.3 Å². The van der Waals surface area contributed by atoms with Gasteiger partial charge in [-0.25, -0.2) is 0 Å². The first-order chi connectivity index (χ1) is 9.70. The Morgan fingerprint density at radius 2 is 2.25 bits per heavy atom. The van der Waals surface area contributed by atoms with E-state index in [4.69, 9.17) is 4.42 Å². The highest BCUT2D eigenvalue weighted by atomic mass is 32.1. The summed E-state index contributed by atoms with van der Waals surface area (Å²) in [6, 6.07) is 4.39. The van der Waals surface area contributed by atoms with E-state index in [-0.39, 0.29) is 19.1 Å². The third kappa shape index (κ3) is 3.69. The molecule has 0 radical (unpaired) electrons. The van der Waals surface area contributed by atoms with Crippen LogP contribution in [0.4, 0.5) is 0 Å². The van der Waals surface area contributed by atoms with Crippen LogP contribution >= 0.6 is 11.3 Å². The van der Waals surface area contributed by atoms with Gasteiger partial charge >= 0.3 is 0 Å². The number of hydrogen-bond acceptors (Lipinski definition) is 5. The fraction of sp³-hybridized carbons (Fsp3) is 0.231. The van der Waals surface area contributed by atoms with Gasteiger partial charge in [0.25, 0.3) is 5.91 Å². The monoisotopic (exact) mass is 294 g/mol. The van der Waals surface area contributed by atoms with Crippen molar-refractivity contribution in [1.29, 1.82) is 0 Å². The second-order valence-electron chi connectivity index (χ2n) is 4.01. The van der Waals surface area contributed by atoms with Gasteiger partial charge in [-0.2, -0.15) is 11.3 Å². The molecule has 3 N–H and O–H groups in total. The maximum absolute atomic E-state index is 11.7. The summed E-state index contributed by atoms with van der Waals surface area (Å²) in [5.41, 5.74) is 0.521. The molecule has 0 fully saturated rings. The summed E-state index contributed by atoms with van der Waals surface area (Å²) in [5, 5.41) is 17.8. The number of carbonyl (C=O) groups excluding carboxylic acids is 2. The van der Waals surface area contributed by atoms with Gasteiger partial charge in [-0.1, -0.05) is 0 Å². The number of furan rings is 1. The van der Waals surface area contributed by atoms with Gasteiger partial charge in [0, 0.05) is 10.9 Å². The lowest BCUT2D eigenvalue weighted by Gasteiger charge is -2.14. The Morgan fingerprint density at radius 3 is 2.85 bits per heavy atom. The van der Waals surface area contributed by atoms with Crippen LogP contribution in [0, 0.1) is 0 Å². The van der Waals surface area contributed by atoms with Crippen LogP contribution in [0.2, 0.25) is 0 Å². The molecule has 7 heteroatoms. The Bertz CT molecular complexity index is 551. The van der Waals surface area contributed by atoms with Crippen LogP contribution in [0.3, 0.4) is 0 Å². The normalized spacial score (nSPS) is 11.8. The second-order valence-corrected chi connectivity index (χ2v) is 4.79. The molecule has 106 valence electrons. The number of hydrogen-bond donors (Lipinski definition) is 3. The highest BCUT2D eigenvalue weighted by Gasteiger charge is 2.16. The van der Waals surface area contributed by atoms with Crippen LogP contribution in [-0.4, -0.2) is 30.1 Å². The third-order valence-electron chi connectivity index (χ3n) is 2.60. The van der Waals surface area contributed by atoms with Crippen molar-refractivity contribution in [3.63, 3.8) is 0 Å². The summed E-state index contributed by atoms with van der Waals surface area (Å²) in [4.78, 5) is 23.3. The van der Waals surface area contributed by atoms with E-state index < -0.39 is 11.9 Å². The van der Waals surface area contributed by atoms with E-state index in [1.165, 1.54) is 17.6 Å². The molecular weight excluding hydrogens is 280 g/mol. The molecule has 0 bridgehead atoms. The number of amides is 2. The van der Waals surface area contributed by atoms with Crippen molar-refractivity contribution >= 4 is 23.2 Å². The Balaban J connectivity index is 1.82. The van der Waals surface area contributed by atoms with Crippen LogP contribution in [0.25, 0.3) is 0 Å². The number of aliphatic hydroxyl groups excluding tert-OH is 1. The summed E-state index contributed by atoms with van der Waals surface area (Å²) in [5.74, 6) is -0.242. The first-order valence-corrected chi connectivity index (χ1v) is 6.89. The van der Waals surface area contributed by atoms with E-state index in [9.17, 15) is 14.7 Å². The first kappa shape index (κ1) is 14.3. The molecule has 0 saturated heterocycles. The summed E-state index contributed by atoms with van der Waals surface area (Å²) in [7, 11) is 0. The zero-order chi connectivity index (χ0) is 14.4. The lowest BCUT2D eigenvalue weighted by atomic mass is 10.2. The number of rotatable bonds is 6. The molecule has 0 aromatic carbocycles. The average Bonchev–Trinajstić information content (AvgIpc) is 3.14. The standard InChI is InChI=1S/C13H14N2O4S/c16-7-10(11-2-1-4-19-11)15-12(17)6-14-13(18)9-3-5-20-8-9/h1-5,8,10,16H,6-7H2,(H,14,18)(H,15,17). The van der Waals surface area contributed by atoms with Gasteiger partial charge in [-0.05, 0) is 23.6 Å². The number of nitrogens with one attached hydrogen (secondary N) is 2. The fourth-order valence-corrected chi connectivity index (χ4v) is 2.23. The van der Waals surface area contributed by atoms with Gasteiger partial charge in [0.2, 0.25) is 5.91 Å². The van der Waals surface area contributed by atoms with E-state index in [1.54, 1.807) is 29.0 Å². The van der Waals surface area contributed by atoms with E-state index in [2.05, 4.69) is 10.6 Å². The number of aliphatic hydroxyl groups is 1. The largest absolute Gasteiger partial charge is 0.467 e. The Kier molecular flexibility index (Phi) is 4.91. The smallest absolute Gasteiger partial charge is 0.252 e. The van der Waals surface area contributed by atoms with Gasteiger partial charge in [0.15, 0.2) is 0 Å². The predicted octanol–water partition coefficient (Wildman–Crippen LogP) is 0.921. The van der Waals surface area contributed by atoms with E-state index in [1.807, 2.05) is 0 Å². The highest BCUT2D eigenvalue weighted by molar-refractivity contribution is 7.08. The van der Waals surface area contributed by atoms with Crippen molar-refractivity contribution in [1.82, 2.24) is 10.6 Å². The highest BCUT2D eigenvalue weighted by Crippen LogP contribution is 2.12. The van der Waals surface area contributed by atoms with Crippen molar-refractivity contribution in [2.75, 3.05) is 13.2 Å². The van der Waals surface area contributed by atoms with Crippen LogP contribution in [0.1, 0.15) is 22.2 Å². The third-order valence-corrected chi connectivity index (χ3v) is 3.28. The molecule has 0 aliphatic carbocycles. The van der Waals surface area contributed by atoms with Crippen LogP contribution in [-0.2, 0) is 4.79 Å². The molecule has 0 saturated carbocycles. The van der Waals surface area contributed by atoms with Crippen molar-refractivity contribution < 1.29 is 19.1 Å². The maximum atomic E-state index is 11.7. The minimum Gasteiger partial charge on any atom is -0.467 e. The van der Waals surface area contributed by atoms with Crippen molar-refractivity contribution in [2.45, 2.75) is 6.04 Å². The Labute approximate surface area is 119 Å². The topological polar surface area (TPSA) is 91.6 Å². The molecule has 2 aromatic rings. The molecule has 2 rings (SSSR count). The SMILES string of the molecule is O=C(CNC(=O)c1ccsc1)NC(CO)c1ccco1. The van der Waals surface area contributed by atoms with Crippen molar-refractivity contribution in [2.24, 2.45) is 0 Å². The zero-order valence-corrected chi connectivity index (χ0v) is 11.4. The lowest BCUT2D eigenvalue weighted by molar-refractivity contribution is -0.121. The predicted molar refractivity (Wildman–Crippen MR) is 73.3 cm³/mol. The van der Waals surface area contributed by atoms with E-state index in [0.717, 1.165) is 0 Å². The molecule has 0 aliphatic rings. The maximum Gasteiger partial charge on any atom is 0.252 e. The second kappa shape index (κ2) is 6.88. The molecule has 1 atom stereocenters. The number of carbonyl (C=O) groups is 2. The first-order valence-electron chi connectivity index (χ1n) is 5.94. The molecule has 0 aliphatic heterocycles. The molecule has 20 heavy (non-hydrogen) atoms. The zero-order valence-electron chi connectivity index (χ0n) is 10.5. The lowest BCUT2D eigenvalue weighted by Crippen LogP contribution is -2.39. The summed E-state index contributed by atoms with van der Waals surface area (Å²) < 4.78 is 5.11. The molecule has 1 unspecified atom stereocenters. The summed E-state index contributed by atoms with van der Waals surface area (Å²) in [6.07, 6.45) is 1.46. The quantitative estimate of drug-likeness (QED) is 0.739. The van der Waals surface area contributed by atoms with Gasteiger partial charge < -0.3 is 20.2 Å². The van der Waals surface area contributed by atoms with Gasteiger partial charge in [-0.3, -0.25) is 9.59 Å². The van der Waals surface area contributed by atoms with Crippen molar-refractivity contribution in [3.8, 4) is 0 Å². The van der Waals surface area contributed by atoms with Gasteiger partial charge in [0.1, 0.15) is 11.8 Å². The Hall–Kier alpha value is -2.12. The average molecular weight is 294 g/mol. The fourth-order valence-electron chi connectivity index (χ4n) is 1.60. The van der Waals surface area contributed by atoms with E-state index >= 15 is 0 Å². The minimum absolute atomic E-state index is 0.161. The van der Waals surface area contributed by atoms with Crippen LogP contribution in [0.15, 0.2) is 39.6 Å². The Morgan fingerprint density at radius 1 is 1.40 bits per heavy atom. The van der Waals surface area contributed by atoms with Gasteiger partial charge in [-0.15, -0.1) is 0 Å². The minimum atomic E-state index is -0.615. The van der Waals surface area contributed by atoms with Crippen LogP contribution < -0.4 is 10.6 Å². The summed E-state index contributed by atoms with van der Waals surface area (Å²) >= 11 is 1.41. The van der Waals surface area contributed by atoms with Gasteiger partial charge in [0.05, 0.1) is 19.4 Å². The molecule has 2 heterocycles. The molecule has 2 aromatic heterocycles. The van der Waals surface area contributed by atoms with Crippen LogP contribution in [0.5, 0.6) is 0 Å². The molecular formula is C13H14N2O4S. The summed E-state index contributed by atoms with van der Waals surface area (Å²) in [6.45, 7) is -0.441.